The Morgan fingerprint density at radius 1 is 1.00 bits per heavy atom. The van der Waals surface area contributed by atoms with Crippen LogP contribution in [-0.2, 0) is 13.0 Å². The van der Waals surface area contributed by atoms with E-state index in [1.165, 1.54) is 5.56 Å². The van der Waals surface area contributed by atoms with Crippen LogP contribution in [0.5, 0.6) is 11.5 Å². The fourth-order valence-electron chi connectivity index (χ4n) is 4.46. The van der Waals surface area contributed by atoms with Crippen LogP contribution in [-0.4, -0.2) is 38.0 Å². The summed E-state index contributed by atoms with van der Waals surface area (Å²) in [6.45, 7) is 3.18. The third kappa shape index (κ3) is 4.38. The number of fused-ring (bicyclic) bond motifs is 1. The monoisotopic (exact) mass is 391 g/mol. The fourth-order valence-corrected chi connectivity index (χ4v) is 4.46. The first-order valence-corrected chi connectivity index (χ1v) is 10.4. The molecule has 1 aliphatic heterocycles. The number of aryl methyl sites for hydroxylation is 1. The van der Waals surface area contributed by atoms with Crippen LogP contribution in [0.4, 0.5) is 0 Å². The van der Waals surface area contributed by atoms with Crippen LogP contribution < -0.4 is 9.47 Å². The molecule has 0 saturated carbocycles. The van der Waals surface area contributed by atoms with Gasteiger partial charge >= 0.3 is 0 Å². The number of carbonyl (C=O) groups excluding carboxylic acids is 1. The van der Waals surface area contributed by atoms with Crippen molar-refractivity contribution in [3.63, 3.8) is 0 Å². The number of benzene rings is 2. The maximum atomic E-state index is 13.1. The summed E-state index contributed by atoms with van der Waals surface area (Å²) in [5.41, 5.74) is 4.16. The van der Waals surface area contributed by atoms with Gasteiger partial charge < -0.3 is 9.47 Å². The molecule has 0 spiro atoms. The van der Waals surface area contributed by atoms with Crippen molar-refractivity contribution in [2.24, 2.45) is 5.92 Å². The van der Waals surface area contributed by atoms with Gasteiger partial charge in [0, 0.05) is 12.1 Å². The Labute approximate surface area is 173 Å². The number of methoxy groups -OCH3 is 2. The first kappa shape index (κ1) is 19.7. The highest BCUT2D eigenvalue weighted by atomic mass is 16.5. The second-order valence-corrected chi connectivity index (χ2v) is 7.98. The van der Waals surface area contributed by atoms with E-state index < -0.39 is 0 Å². The molecule has 0 amide bonds. The van der Waals surface area contributed by atoms with Gasteiger partial charge in [-0.3, -0.25) is 9.69 Å². The number of allylic oxidation sites excluding steroid dienone is 2. The van der Waals surface area contributed by atoms with Gasteiger partial charge in [-0.05, 0) is 73.5 Å². The molecule has 0 bridgehead atoms. The van der Waals surface area contributed by atoms with Gasteiger partial charge in [-0.2, -0.15) is 0 Å². The molecule has 2 aliphatic rings. The van der Waals surface area contributed by atoms with Crippen molar-refractivity contribution in [2.75, 3.05) is 27.3 Å². The molecule has 29 heavy (non-hydrogen) atoms. The van der Waals surface area contributed by atoms with Crippen molar-refractivity contribution in [3.8, 4) is 11.5 Å². The summed E-state index contributed by atoms with van der Waals surface area (Å²) in [6, 6.07) is 14.4. The molecule has 1 fully saturated rings. The van der Waals surface area contributed by atoms with E-state index in [9.17, 15) is 4.79 Å². The molecule has 1 heterocycles. The van der Waals surface area contributed by atoms with Crippen LogP contribution in [0, 0.1) is 5.92 Å². The number of ether oxygens (including phenoxy) is 2. The minimum atomic E-state index is 0.152. The van der Waals surface area contributed by atoms with Gasteiger partial charge in [0.15, 0.2) is 17.3 Å². The first-order chi connectivity index (χ1) is 14.2. The molecule has 0 atom stereocenters. The number of hydrogen-bond donors (Lipinski definition) is 0. The van der Waals surface area contributed by atoms with E-state index in [1.54, 1.807) is 14.2 Å². The van der Waals surface area contributed by atoms with Crippen LogP contribution in [0.2, 0.25) is 0 Å². The molecular formula is C25H29NO3. The van der Waals surface area contributed by atoms with Crippen molar-refractivity contribution in [3.05, 3.63) is 70.8 Å². The molecule has 0 N–H and O–H groups in total. The summed E-state index contributed by atoms with van der Waals surface area (Å²) >= 11 is 0. The second-order valence-electron chi connectivity index (χ2n) is 7.98. The van der Waals surface area contributed by atoms with Gasteiger partial charge in [0.25, 0.3) is 0 Å². The Hall–Kier alpha value is -2.59. The lowest BCUT2D eigenvalue weighted by molar-refractivity contribution is 0.102. The molecule has 1 saturated heterocycles. The maximum Gasteiger partial charge on any atom is 0.189 e. The summed E-state index contributed by atoms with van der Waals surface area (Å²) in [7, 11) is 3.24. The highest BCUT2D eigenvalue weighted by molar-refractivity contribution is 6.11. The van der Waals surface area contributed by atoms with E-state index in [4.69, 9.17) is 9.47 Å². The Kier molecular flexibility index (Phi) is 6.00. The third-order valence-corrected chi connectivity index (χ3v) is 6.13. The summed E-state index contributed by atoms with van der Waals surface area (Å²) in [4.78, 5) is 15.6. The zero-order valence-electron chi connectivity index (χ0n) is 17.3. The van der Waals surface area contributed by atoms with Crippen molar-refractivity contribution in [2.45, 2.75) is 32.2 Å². The zero-order chi connectivity index (χ0) is 20.2. The van der Waals surface area contributed by atoms with Crippen molar-refractivity contribution in [1.82, 2.24) is 4.90 Å². The van der Waals surface area contributed by atoms with Gasteiger partial charge in [-0.15, -0.1) is 0 Å². The van der Waals surface area contributed by atoms with Crippen LogP contribution in [0.15, 0.2) is 54.1 Å². The molecular weight excluding hydrogens is 362 g/mol. The number of Topliss-reactive ketones (excluding diaryl/α,β-unsaturated/α-hetero) is 1. The average Bonchev–Trinajstić information content (AvgIpc) is 2.77. The van der Waals surface area contributed by atoms with Gasteiger partial charge in [0.1, 0.15) is 0 Å². The molecule has 4 nitrogen and oxygen atoms in total. The third-order valence-electron chi connectivity index (χ3n) is 6.13. The van der Waals surface area contributed by atoms with Crippen molar-refractivity contribution >= 4 is 5.78 Å². The topological polar surface area (TPSA) is 38.8 Å². The van der Waals surface area contributed by atoms with E-state index in [2.05, 4.69) is 41.3 Å². The van der Waals surface area contributed by atoms with Crippen LogP contribution >= 0.6 is 0 Å². The lowest BCUT2D eigenvalue weighted by Crippen LogP contribution is -2.33. The van der Waals surface area contributed by atoms with Gasteiger partial charge in [0.05, 0.1) is 14.2 Å². The van der Waals surface area contributed by atoms with E-state index >= 15 is 0 Å². The lowest BCUT2D eigenvalue weighted by Gasteiger charge is -2.31. The average molecular weight is 392 g/mol. The largest absolute Gasteiger partial charge is 0.493 e. The number of hydrogen-bond acceptors (Lipinski definition) is 4. The Balaban J connectivity index is 1.42. The van der Waals surface area contributed by atoms with E-state index in [1.807, 2.05) is 12.1 Å². The number of carbonyl (C=O) groups is 1. The molecule has 0 unspecified atom stereocenters. The molecule has 4 heteroatoms. The zero-order valence-corrected chi connectivity index (χ0v) is 17.3. The normalized spacial score (nSPS) is 19.2. The summed E-state index contributed by atoms with van der Waals surface area (Å²) < 4.78 is 10.8. The molecule has 4 rings (SSSR count). The molecule has 2 aromatic carbocycles. The number of likely N-dealkylation sites (tertiary alicyclic amines) is 1. The quantitative estimate of drug-likeness (QED) is 0.694. The lowest BCUT2D eigenvalue weighted by atomic mass is 9.83. The molecule has 0 aromatic heterocycles. The number of ketones is 1. The SMILES string of the molecule is COc1cc2c(cc1OC)C(=O)/C(=C/C1CCN(Cc3ccccc3)CC1)CC2. The first-order valence-electron chi connectivity index (χ1n) is 10.4. The minimum absolute atomic E-state index is 0.152. The van der Waals surface area contributed by atoms with Gasteiger partial charge in [0.2, 0.25) is 0 Å². The highest BCUT2D eigenvalue weighted by Crippen LogP contribution is 2.36. The number of rotatable bonds is 5. The number of nitrogens with zero attached hydrogens (tertiary/aromatic N) is 1. The standard InChI is InChI=1S/C25H29NO3/c1-28-23-15-20-8-9-21(25(27)22(20)16-24(23)29-2)14-18-10-12-26(13-11-18)17-19-6-4-3-5-7-19/h3-7,14-16,18H,8-13,17H2,1-2H3/b21-14+. The van der Waals surface area contributed by atoms with Crippen molar-refractivity contribution < 1.29 is 14.3 Å². The summed E-state index contributed by atoms with van der Waals surface area (Å²) in [6.07, 6.45) is 6.16. The highest BCUT2D eigenvalue weighted by Gasteiger charge is 2.26. The maximum absolute atomic E-state index is 13.1. The fraction of sp³-hybridized carbons (Fsp3) is 0.400. The molecule has 1 aliphatic carbocycles. The minimum Gasteiger partial charge on any atom is -0.493 e. The van der Waals surface area contributed by atoms with E-state index in [0.29, 0.717) is 17.4 Å². The molecule has 0 radical (unpaired) electrons. The van der Waals surface area contributed by atoms with E-state index in [-0.39, 0.29) is 5.78 Å². The van der Waals surface area contributed by atoms with Gasteiger partial charge in [-0.25, -0.2) is 0 Å². The summed E-state index contributed by atoms with van der Waals surface area (Å²) in [5, 5.41) is 0. The predicted octanol–water partition coefficient (Wildman–Crippen LogP) is 4.67. The second kappa shape index (κ2) is 8.83. The summed E-state index contributed by atoms with van der Waals surface area (Å²) in [5.74, 6) is 1.95. The van der Waals surface area contributed by atoms with Crippen molar-refractivity contribution in [1.29, 1.82) is 0 Å². The van der Waals surface area contributed by atoms with Crippen LogP contribution in [0.3, 0.4) is 0 Å². The van der Waals surface area contributed by atoms with Crippen LogP contribution in [0.25, 0.3) is 0 Å². The number of piperidine rings is 1. The van der Waals surface area contributed by atoms with Crippen LogP contribution in [0.1, 0.15) is 40.7 Å². The smallest absolute Gasteiger partial charge is 0.189 e. The molecule has 2 aromatic rings. The molecule has 152 valence electrons. The Bertz CT molecular complexity index is 896. The van der Waals surface area contributed by atoms with Gasteiger partial charge in [-0.1, -0.05) is 36.4 Å². The Morgan fingerprint density at radius 3 is 2.38 bits per heavy atom. The van der Waals surface area contributed by atoms with E-state index in [0.717, 1.165) is 62.0 Å². The predicted molar refractivity (Wildman–Crippen MR) is 115 cm³/mol. The Morgan fingerprint density at radius 2 is 1.69 bits per heavy atom.